The Labute approximate surface area is 160 Å². The van der Waals surface area contributed by atoms with E-state index in [-0.39, 0.29) is 5.91 Å². The molecule has 0 bridgehead atoms. The van der Waals surface area contributed by atoms with Crippen molar-refractivity contribution >= 4 is 34.2 Å². The van der Waals surface area contributed by atoms with Gasteiger partial charge in [0.25, 0.3) is 0 Å². The molecule has 1 aromatic carbocycles. The van der Waals surface area contributed by atoms with Crippen molar-refractivity contribution in [1.82, 2.24) is 19.6 Å². The molecule has 2 heterocycles. The molecule has 6 nitrogen and oxygen atoms in total. The van der Waals surface area contributed by atoms with Crippen LogP contribution in [-0.4, -0.2) is 25.5 Å². The van der Waals surface area contributed by atoms with Gasteiger partial charge in [-0.05, 0) is 47.6 Å². The maximum absolute atomic E-state index is 12.1. The van der Waals surface area contributed by atoms with Gasteiger partial charge in [0.1, 0.15) is 0 Å². The molecule has 130 valence electrons. The Morgan fingerprint density at radius 1 is 1.20 bits per heavy atom. The van der Waals surface area contributed by atoms with Crippen LogP contribution < -0.4 is 5.32 Å². The van der Waals surface area contributed by atoms with Crippen LogP contribution in [0.15, 0.2) is 42.9 Å². The minimum absolute atomic E-state index is 0.0413. The largest absolute Gasteiger partial charge is 0.323 e. The van der Waals surface area contributed by atoms with Crippen molar-refractivity contribution in [3.63, 3.8) is 0 Å². The zero-order valence-corrected chi connectivity index (χ0v) is 16.4. The summed E-state index contributed by atoms with van der Waals surface area (Å²) in [7, 11) is 0. The summed E-state index contributed by atoms with van der Waals surface area (Å²) in [5, 5.41) is 11.5. The maximum atomic E-state index is 12.1. The van der Waals surface area contributed by atoms with Crippen LogP contribution in [0.3, 0.4) is 0 Å². The van der Waals surface area contributed by atoms with Gasteiger partial charge in [-0.1, -0.05) is 24.3 Å². The highest BCUT2D eigenvalue weighted by Crippen LogP contribution is 2.13. The summed E-state index contributed by atoms with van der Waals surface area (Å²) in [5.41, 5.74) is 4.24. The number of carbonyl (C=O) groups excluding carboxylic acids is 1. The van der Waals surface area contributed by atoms with Crippen LogP contribution in [0.2, 0.25) is 0 Å². The fraction of sp³-hybridized carbons (Fsp3) is 0.278. The summed E-state index contributed by atoms with van der Waals surface area (Å²) in [6.45, 7) is 5.34. The second-order valence-corrected chi connectivity index (χ2v) is 7.11. The van der Waals surface area contributed by atoms with E-state index in [1.165, 1.54) is 11.1 Å². The zero-order chi connectivity index (χ0) is 17.8. The number of benzene rings is 1. The van der Waals surface area contributed by atoms with Crippen LogP contribution >= 0.6 is 22.6 Å². The first kappa shape index (κ1) is 17.7. The third kappa shape index (κ3) is 4.47. The van der Waals surface area contributed by atoms with Crippen LogP contribution in [0.25, 0.3) is 0 Å². The zero-order valence-electron chi connectivity index (χ0n) is 14.2. The highest BCUT2D eigenvalue weighted by molar-refractivity contribution is 14.1. The molecule has 0 aliphatic heterocycles. The molecule has 1 N–H and O–H groups in total. The third-order valence-corrected chi connectivity index (χ3v) is 5.16. The Hall–Kier alpha value is -2.16. The van der Waals surface area contributed by atoms with Crippen LogP contribution in [0.5, 0.6) is 0 Å². The average Bonchev–Trinajstić information content (AvgIpc) is 3.15. The SMILES string of the molecule is Cc1ccccc1Cn1cc(NC(=O)CCn2ncc(I)c2C)cn1. The fourth-order valence-electron chi connectivity index (χ4n) is 2.56. The van der Waals surface area contributed by atoms with E-state index in [4.69, 9.17) is 0 Å². The van der Waals surface area contributed by atoms with Crippen molar-refractivity contribution in [3.05, 3.63) is 63.2 Å². The van der Waals surface area contributed by atoms with E-state index in [1.807, 2.05) is 40.8 Å². The van der Waals surface area contributed by atoms with Crippen LogP contribution in [0, 0.1) is 17.4 Å². The summed E-state index contributed by atoms with van der Waals surface area (Å²) in [5.74, 6) is -0.0413. The summed E-state index contributed by atoms with van der Waals surface area (Å²) in [6, 6.07) is 8.21. The first-order valence-electron chi connectivity index (χ1n) is 8.07. The number of halogens is 1. The first-order valence-corrected chi connectivity index (χ1v) is 9.15. The predicted octanol–water partition coefficient (Wildman–Crippen LogP) is 3.38. The molecule has 0 radical (unpaired) electrons. The third-order valence-electron chi connectivity index (χ3n) is 4.10. The molecule has 0 unspecified atom stereocenters. The molecule has 2 aromatic heterocycles. The van der Waals surface area contributed by atoms with E-state index in [0.717, 1.165) is 9.26 Å². The number of nitrogens with one attached hydrogen (secondary N) is 1. The van der Waals surface area contributed by atoms with Gasteiger partial charge in [0.2, 0.25) is 5.91 Å². The Kier molecular flexibility index (Phi) is 5.52. The molecule has 0 saturated heterocycles. The number of aromatic nitrogens is 4. The number of carbonyl (C=O) groups is 1. The number of nitrogens with zero attached hydrogens (tertiary/aromatic N) is 4. The number of rotatable bonds is 6. The molecule has 0 saturated carbocycles. The lowest BCUT2D eigenvalue weighted by Crippen LogP contribution is -2.15. The average molecular weight is 449 g/mol. The quantitative estimate of drug-likeness (QED) is 0.587. The van der Waals surface area contributed by atoms with E-state index in [1.54, 1.807) is 6.20 Å². The smallest absolute Gasteiger partial charge is 0.226 e. The van der Waals surface area contributed by atoms with Crippen LogP contribution in [0.4, 0.5) is 5.69 Å². The highest BCUT2D eigenvalue weighted by atomic mass is 127. The van der Waals surface area contributed by atoms with E-state index in [2.05, 4.69) is 57.2 Å². The number of aryl methyl sites for hydroxylation is 2. The van der Waals surface area contributed by atoms with Crippen molar-refractivity contribution in [2.45, 2.75) is 33.4 Å². The van der Waals surface area contributed by atoms with Gasteiger partial charge in [-0.25, -0.2) is 0 Å². The Bertz CT molecular complexity index is 883. The molecule has 0 fully saturated rings. The van der Waals surface area contributed by atoms with Gasteiger partial charge in [-0.2, -0.15) is 10.2 Å². The Morgan fingerprint density at radius 2 is 2.00 bits per heavy atom. The predicted molar refractivity (Wildman–Crippen MR) is 105 cm³/mol. The lowest BCUT2D eigenvalue weighted by molar-refractivity contribution is -0.116. The number of hydrogen-bond donors (Lipinski definition) is 1. The van der Waals surface area contributed by atoms with E-state index in [9.17, 15) is 4.79 Å². The van der Waals surface area contributed by atoms with E-state index < -0.39 is 0 Å². The van der Waals surface area contributed by atoms with Gasteiger partial charge in [0.05, 0.1) is 34.7 Å². The standard InChI is InChI=1S/C18H20IN5O/c1-13-5-3-4-6-15(13)11-23-12-16(9-20-23)22-18(25)7-8-24-14(2)17(19)10-21-24/h3-6,9-10,12H,7-8,11H2,1-2H3,(H,22,25). The molecule has 7 heteroatoms. The monoisotopic (exact) mass is 449 g/mol. The molecular formula is C18H20IN5O. The van der Waals surface area contributed by atoms with E-state index in [0.29, 0.717) is 25.2 Å². The topological polar surface area (TPSA) is 64.7 Å². The highest BCUT2D eigenvalue weighted by Gasteiger charge is 2.08. The molecule has 0 aliphatic carbocycles. The lowest BCUT2D eigenvalue weighted by atomic mass is 10.1. The summed E-state index contributed by atoms with van der Waals surface area (Å²) < 4.78 is 4.79. The Morgan fingerprint density at radius 3 is 2.72 bits per heavy atom. The summed E-state index contributed by atoms with van der Waals surface area (Å²) in [6.07, 6.45) is 5.72. The second kappa shape index (κ2) is 7.81. The van der Waals surface area contributed by atoms with Gasteiger partial charge in [-0.3, -0.25) is 14.2 Å². The summed E-state index contributed by atoms with van der Waals surface area (Å²) >= 11 is 2.24. The molecular weight excluding hydrogens is 429 g/mol. The lowest BCUT2D eigenvalue weighted by Gasteiger charge is -2.06. The number of amides is 1. The van der Waals surface area contributed by atoms with Gasteiger partial charge in [0, 0.05) is 18.3 Å². The second-order valence-electron chi connectivity index (χ2n) is 5.95. The molecule has 1 amide bonds. The molecule has 3 aromatic rings. The van der Waals surface area contributed by atoms with Crippen molar-refractivity contribution in [1.29, 1.82) is 0 Å². The Balaban J connectivity index is 1.55. The van der Waals surface area contributed by atoms with Gasteiger partial charge < -0.3 is 5.32 Å². The van der Waals surface area contributed by atoms with Gasteiger partial charge >= 0.3 is 0 Å². The van der Waals surface area contributed by atoms with Crippen LogP contribution in [0.1, 0.15) is 23.2 Å². The molecule has 0 aliphatic rings. The van der Waals surface area contributed by atoms with Crippen molar-refractivity contribution in [2.75, 3.05) is 5.32 Å². The molecule has 25 heavy (non-hydrogen) atoms. The molecule has 0 atom stereocenters. The van der Waals surface area contributed by atoms with Gasteiger partial charge in [0.15, 0.2) is 0 Å². The van der Waals surface area contributed by atoms with E-state index >= 15 is 0 Å². The summed E-state index contributed by atoms with van der Waals surface area (Å²) in [4.78, 5) is 12.1. The maximum Gasteiger partial charge on any atom is 0.226 e. The first-order chi connectivity index (χ1) is 12.0. The molecule has 3 rings (SSSR count). The number of anilines is 1. The minimum atomic E-state index is -0.0413. The van der Waals surface area contributed by atoms with Crippen LogP contribution in [-0.2, 0) is 17.9 Å². The minimum Gasteiger partial charge on any atom is -0.323 e. The normalized spacial score (nSPS) is 10.8. The van der Waals surface area contributed by atoms with Crippen molar-refractivity contribution in [3.8, 4) is 0 Å². The van der Waals surface area contributed by atoms with Crippen molar-refractivity contribution < 1.29 is 4.79 Å². The van der Waals surface area contributed by atoms with Crippen molar-refractivity contribution in [2.24, 2.45) is 0 Å². The number of hydrogen-bond acceptors (Lipinski definition) is 3. The van der Waals surface area contributed by atoms with Gasteiger partial charge in [-0.15, -0.1) is 0 Å². The molecule has 0 spiro atoms. The fourth-order valence-corrected chi connectivity index (χ4v) is 2.96.